The largest absolute Gasteiger partial charge is 0.362 e. The average Bonchev–Trinajstić information content (AvgIpc) is 2.67. The van der Waals surface area contributed by atoms with E-state index >= 15 is 0 Å². The van der Waals surface area contributed by atoms with Gasteiger partial charge in [0.05, 0.1) is 6.54 Å². The number of carbonyl (C=O) groups excluding carboxylic acids is 3. The molecule has 0 spiro atoms. The third kappa shape index (κ3) is 2.76. The van der Waals surface area contributed by atoms with Crippen molar-refractivity contribution in [3.05, 3.63) is 0 Å². The molecule has 1 atom stereocenters. The van der Waals surface area contributed by atoms with E-state index in [0.29, 0.717) is 13.1 Å². The summed E-state index contributed by atoms with van der Waals surface area (Å²) in [4.78, 5) is 35.3. The van der Waals surface area contributed by atoms with Crippen LogP contribution in [0.15, 0.2) is 0 Å². The van der Waals surface area contributed by atoms with Gasteiger partial charge in [0, 0.05) is 13.1 Å². The monoisotopic (exact) mass is 292 g/mol. The molecule has 0 aromatic carbocycles. The summed E-state index contributed by atoms with van der Waals surface area (Å²) in [6, 6.07) is -1.35. The lowest BCUT2D eigenvalue weighted by Gasteiger charge is -2.35. The Bertz CT molecular complexity index is 531. The van der Waals surface area contributed by atoms with Gasteiger partial charge in [-0.3, -0.25) is 14.1 Å². The molecule has 0 aromatic heterocycles. The summed E-state index contributed by atoms with van der Waals surface area (Å²) in [6.07, 6.45) is 0. The molecule has 3 N–H and O–H groups in total. The molecule has 2 saturated heterocycles. The average molecular weight is 292 g/mol. The number of hydrogen-bond donors (Lipinski definition) is 3. The molecule has 0 aromatic rings. The normalized spacial score (nSPS) is 23.1. The lowest BCUT2D eigenvalue weighted by Crippen LogP contribution is -2.65. The van der Waals surface area contributed by atoms with Gasteiger partial charge in [-0.05, 0) is 0 Å². The van der Waals surface area contributed by atoms with Crippen molar-refractivity contribution >= 4 is 28.1 Å². The molecule has 2 aliphatic rings. The van der Waals surface area contributed by atoms with Crippen LogP contribution >= 0.6 is 0 Å². The molecular formula is C8H12N4O6S. The Morgan fingerprint density at radius 2 is 2.16 bits per heavy atom. The minimum Gasteiger partial charge on any atom is -0.341 e. The Morgan fingerprint density at radius 3 is 2.63 bits per heavy atom. The lowest BCUT2D eigenvalue weighted by molar-refractivity contribution is -0.140. The second-order valence-electron chi connectivity index (χ2n) is 4.12. The van der Waals surface area contributed by atoms with Crippen LogP contribution < -0.4 is 10.6 Å². The summed E-state index contributed by atoms with van der Waals surface area (Å²) in [5, 5.41) is 4.80. The van der Waals surface area contributed by atoms with Crippen LogP contribution in [0.25, 0.3) is 0 Å². The molecule has 0 radical (unpaired) electrons. The molecule has 4 amide bonds. The zero-order valence-electron chi connectivity index (χ0n) is 9.70. The van der Waals surface area contributed by atoms with Crippen molar-refractivity contribution in [3.63, 3.8) is 0 Å². The third-order valence-electron chi connectivity index (χ3n) is 2.79. The van der Waals surface area contributed by atoms with Crippen molar-refractivity contribution < 1.29 is 27.4 Å². The molecule has 1 unspecified atom stereocenters. The van der Waals surface area contributed by atoms with Gasteiger partial charge in [0.15, 0.2) is 0 Å². The smallest absolute Gasteiger partial charge is 0.341 e. The maximum Gasteiger partial charge on any atom is 0.362 e. The Morgan fingerprint density at radius 1 is 1.47 bits per heavy atom. The van der Waals surface area contributed by atoms with Crippen LogP contribution in [0.4, 0.5) is 4.79 Å². The maximum atomic E-state index is 11.5. The van der Waals surface area contributed by atoms with Crippen molar-refractivity contribution in [2.75, 3.05) is 26.2 Å². The van der Waals surface area contributed by atoms with Crippen LogP contribution in [-0.4, -0.2) is 72.2 Å². The molecule has 2 rings (SSSR count). The van der Waals surface area contributed by atoms with Gasteiger partial charge < -0.3 is 15.5 Å². The number of nitrogens with zero attached hydrogens (tertiary/aromatic N) is 2. The van der Waals surface area contributed by atoms with Crippen molar-refractivity contribution in [1.82, 2.24) is 19.8 Å². The topological polar surface area (TPSA) is 136 Å². The fourth-order valence-electron chi connectivity index (χ4n) is 1.79. The molecule has 2 heterocycles. The molecule has 10 nitrogen and oxygen atoms in total. The van der Waals surface area contributed by atoms with E-state index in [0.717, 1.165) is 0 Å². The molecule has 0 saturated carbocycles. The van der Waals surface area contributed by atoms with Gasteiger partial charge in [-0.2, -0.15) is 8.42 Å². The number of β-lactam (4-membered cyclic amide) rings is 1. The Hall–Kier alpha value is -1.88. The first-order valence-electron chi connectivity index (χ1n) is 5.40. The van der Waals surface area contributed by atoms with Crippen LogP contribution in [0.3, 0.4) is 0 Å². The van der Waals surface area contributed by atoms with E-state index in [4.69, 9.17) is 4.55 Å². The van der Waals surface area contributed by atoms with Crippen LogP contribution in [0.5, 0.6) is 0 Å². The number of hydrogen-bond acceptors (Lipinski definition) is 5. The summed E-state index contributed by atoms with van der Waals surface area (Å²) in [5.41, 5.74) is 0. The first-order chi connectivity index (χ1) is 8.79. The van der Waals surface area contributed by atoms with Crippen LogP contribution in [0.2, 0.25) is 0 Å². The van der Waals surface area contributed by atoms with E-state index in [1.807, 2.05) is 0 Å². The molecular weight excluding hydrogens is 280 g/mol. The molecule has 2 fully saturated rings. The predicted molar refractivity (Wildman–Crippen MR) is 60.2 cm³/mol. The third-order valence-corrected chi connectivity index (χ3v) is 3.67. The molecule has 19 heavy (non-hydrogen) atoms. The Balaban J connectivity index is 1.82. The highest BCUT2D eigenvalue weighted by molar-refractivity contribution is 7.84. The van der Waals surface area contributed by atoms with Gasteiger partial charge >= 0.3 is 16.3 Å². The zero-order chi connectivity index (χ0) is 14.2. The highest BCUT2D eigenvalue weighted by atomic mass is 32.2. The highest BCUT2D eigenvalue weighted by Crippen LogP contribution is 2.13. The highest BCUT2D eigenvalue weighted by Gasteiger charge is 2.44. The Kier molecular flexibility index (Phi) is 3.32. The van der Waals surface area contributed by atoms with Crippen LogP contribution in [-0.2, 0) is 19.9 Å². The number of urea groups is 1. The second-order valence-corrected chi connectivity index (χ2v) is 5.46. The molecule has 11 heteroatoms. The van der Waals surface area contributed by atoms with Crippen LogP contribution in [0.1, 0.15) is 0 Å². The quantitative estimate of drug-likeness (QED) is 0.376. The standard InChI is InChI=1S/C8H12N4O6S/c13-6(4-11-2-1-9-8(11)15)10-5-3-12(7(5)14)19(16,17)18/h5H,1-4H2,(H,9,15)(H,10,13)(H,16,17,18). The van der Waals surface area contributed by atoms with E-state index < -0.39 is 28.2 Å². The van der Waals surface area contributed by atoms with E-state index in [-0.39, 0.29) is 23.4 Å². The number of amides is 4. The summed E-state index contributed by atoms with van der Waals surface area (Å²) >= 11 is 0. The van der Waals surface area contributed by atoms with Gasteiger partial charge in [0.25, 0.3) is 5.91 Å². The minimum absolute atomic E-state index is 0.207. The molecule has 0 aliphatic carbocycles. The van der Waals surface area contributed by atoms with E-state index in [9.17, 15) is 22.8 Å². The summed E-state index contributed by atoms with van der Waals surface area (Å²) < 4.78 is 30.2. The van der Waals surface area contributed by atoms with Gasteiger partial charge in [-0.15, -0.1) is 0 Å². The predicted octanol–water partition coefficient (Wildman–Crippen LogP) is -2.86. The zero-order valence-corrected chi connectivity index (χ0v) is 10.5. The lowest BCUT2D eigenvalue weighted by atomic mass is 10.1. The van der Waals surface area contributed by atoms with E-state index in [1.54, 1.807) is 0 Å². The number of nitrogens with one attached hydrogen (secondary N) is 2. The first kappa shape index (κ1) is 13.5. The number of rotatable bonds is 4. The summed E-state index contributed by atoms with van der Waals surface area (Å²) in [6.45, 7) is 0.324. The van der Waals surface area contributed by atoms with E-state index in [1.165, 1.54) is 4.90 Å². The SMILES string of the molecule is O=C(CN1CCNC1=O)NC1CN(S(=O)(=O)O)C1=O. The van der Waals surface area contributed by atoms with Crippen molar-refractivity contribution in [3.8, 4) is 0 Å². The van der Waals surface area contributed by atoms with Gasteiger partial charge in [-0.25, -0.2) is 9.10 Å². The Labute approximate surface area is 108 Å². The van der Waals surface area contributed by atoms with Gasteiger partial charge in [0.2, 0.25) is 5.91 Å². The molecule has 106 valence electrons. The van der Waals surface area contributed by atoms with E-state index in [2.05, 4.69) is 10.6 Å². The molecule has 0 bridgehead atoms. The fourth-order valence-corrected chi connectivity index (χ4v) is 2.48. The van der Waals surface area contributed by atoms with Crippen molar-refractivity contribution in [2.24, 2.45) is 0 Å². The van der Waals surface area contributed by atoms with Crippen molar-refractivity contribution in [2.45, 2.75) is 6.04 Å². The summed E-state index contributed by atoms with van der Waals surface area (Å²) in [7, 11) is -4.56. The maximum absolute atomic E-state index is 11.5. The van der Waals surface area contributed by atoms with Crippen LogP contribution in [0, 0.1) is 0 Å². The van der Waals surface area contributed by atoms with Gasteiger partial charge in [0.1, 0.15) is 12.6 Å². The fraction of sp³-hybridized carbons (Fsp3) is 0.625. The number of carbonyl (C=O) groups is 3. The van der Waals surface area contributed by atoms with Gasteiger partial charge in [-0.1, -0.05) is 0 Å². The first-order valence-corrected chi connectivity index (χ1v) is 6.80. The minimum atomic E-state index is -4.56. The second kappa shape index (κ2) is 4.66. The van der Waals surface area contributed by atoms with Crippen molar-refractivity contribution in [1.29, 1.82) is 0 Å². The molecule has 2 aliphatic heterocycles. The summed E-state index contributed by atoms with van der Waals surface area (Å²) in [5.74, 6) is -1.47.